The second kappa shape index (κ2) is 4.29. The lowest BCUT2D eigenvalue weighted by molar-refractivity contribution is 1.36. The third-order valence-corrected chi connectivity index (χ3v) is 2.33. The third-order valence-electron chi connectivity index (χ3n) is 2.12. The monoisotopic (exact) mass is 201 g/mol. The molecule has 1 aromatic carbocycles. The molecule has 14 heavy (non-hydrogen) atoms. The zero-order valence-corrected chi connectivity index (χ0v) is 8.61. The minimum Gasteiger partial charge on any atom is -0.264 e. The van der Waals surface area contributed by atoms with Crippen molar-refractivity contribution in [2.75, 3.05) is 5.75 Å². The van der Waals surface area contributed by atoms with E-state index in [0.717, 1.165) is 5.75 Å². The van der Waals surface area contributed by atoms with Crippen molar-refractivity contribution < 1.29 is 0 Å². The van der Waals surface area contributed by atoms with Gasteiger partial charge in [0, 0.05) is 23.5 Å². The van der Waals surface area contributed by atoms with Crippen LogP contribution in [0.2, 0.25) is 0 Å². The Hall–Kier alpha value is -1.28. The van der Waals surface area contributed by atoms with Gasteiger partial charge in [-0.25, -0.2) is 0 Å². The number of hydrogen-bond acceptors (Lipinski definition) is 2. The van der Waals surface area contributed by atoms with Crippen LogP contribution in [0.4, 0.5) is 0 Å². The number of pyridine rings is 1. The third kappa shape index (κ3) is 1.80. The van der Waals surface area contributed by atoms with Crippen LogP contribution < -0.4 is 0 Å². The van der Waals surface area contributed by atoms with E-state index in [4.69, 9.17) is 0 Å². The van der Waals surface area contributed by atoms with Gasteiger partial charge in [-0.2, -0.15) is 12.6 Å². The Morgan fingerprint density at radius 2 is 2.21 bits per heavy atom. The van der Waals surface area contributed by atoms with E-state index in [2.05, 4.69) is 35.8 Å². The van der Waals surface area contributed by atoms with E-state index in [-0.39, 0.29) is 0 Å². The summed E-state index contributed by atoms with van der Waals surface area (Å²) < 4.78 is 0. The van der Waals surface area contributed by atoms with Crippen LogP contribution in [0.1, 0.15) is 5.56 Å². The van der Waals surface area contributed by atoms with Crippen LogP contribution in [-0.4, -0.2) is 10.7 Å². The lowest BCUT2D eigenvalue weighted by Crippen LogP contribution is -1.79. The fourth-order valence-electron chi connectivity index (χ4n) is 1.47. The number of rotatable bonds is 2. The molecular weight excluding hydrogens is 190 g/mol. The van der Waals surface area contributed by atoms with Crippen molar-refractivity contribution in [2.45, 2.75) is 0 Å². The summed E-state index contributed by atoms with van der Waals surface area (Å²) in [5.74, 6) is 0.765. The van der Waals surface area contributed by atoms with E-state index in [1.54, 1.807) is 0 Å². The highest BCUT2D eigenvalue weighted by atomic mass is 32.1. The van der Waals surface area contributed by atoms with Crippen LogP contribution in [-0.2, 0) is 0 Å². The zero-order chi connectivity index (χ0) is 9.80. The summed E-state index contributed by atoms with van der Waals surface area (Å²) in [6, 6.07) is 8.25. The molecule has 0 aliphatic carbocycles. The summed E-state index contributed by atoms with van der Waals surface area (Å²) in [6.07, 6.45) is 7.83. The summed E-state index contributed by atoms with van der Waals surface area (Å²) in [5, 5.41) is 2.41. The molecule has 0 N–H and O–H groups in total. The first-order valence-corrected chi connectivity index (χ1v) is 5.15. The maximum atomic E-state index is 4.15. The predicted octanol–water partition coefficient (Wildman–Crippen LogP) is 3.18. The summed E-state index contributed by atoms with van der Waals surface area (Å²) in [7, 11) is 0. The Morgan fingerprint density at radius 1 is 1.29 bits per heavy atom. The van der Waals surface area contributed by atoms with Crippen molar-refractivity contribution >= 4 is 29.5 Å². The highest BCUT2D eigenvalue weighted by Crippen LogP contribution is 2.18. The summed E-state index contributed by atoms with van der Waals surface area (Å²) in [5.41, 5.74) is 1.22. The fourth-order valence-corrected chi connectivity index (χ4v) is 1.58. The number of hydrogen-bond donors (Lipinski definition) is 1. The first kappa shape index (κ1) is 9.28. The van der Waals surface area contributed by atoms with Gasteiger partial charge in [-0.1, -0.05) is 30.4 Å². The van der Waals surface area contributed by atoms with Gasteiger partial charge in [0.05, 0.1) is 0 Å². The lowest BCUT2D eigenvalue weighted by Gasteiger charge is -2.00. The van der Waals surface area contributed by atoms with Gasteiger partial charge in [0.1, 0.15) is 0 Å². The van der Waals surface area contributed by atoms with Crippen LogP contribution in [0.5, 0.6) is 0 Å². The molecule has 0 fully saturated rings. The van der Waals surface area contributed by atoms with Crippen molar-refractivity contribution in [1.82, 2.24) is 4.98 Å². The Bertz CT molecular complexity index is 457. The number of fused-ring (bicyclic) bond motifs is 1. The molecule has 0 aliphatic rings. The highest BCUT2D eigenvalue weighted by Gasteiger charge is 1.95. The van der Waals surface area contributed by atoms with E-state index < -0.39 is 0 Å². The van der Waals surface area contributed by atoms with Crippen molar-refractivity contribution in [2.24, 2.45) is 0 Å². The zero-order valence-electron chi connectivity index (χ0n) is 7.72. The summed E-state index contributed by atoms with van der Waals surface area (Å²) in [6.45, 7) is 0. The van der Waals surface area contributed by atoms with Gasteiger partial charge in [-0.3, -0.25) is 4.98 Å². The second-order valence-electron chi connectivity index (χ2n) is 3.03. The van der Waals surface area contributed by atoms with E-state index in [1.807, 2.05) is 30.6 Å². The molecule has 1 aromatic heterocycles. The van der Waals surface area contributed by atoms with Crippen LogP contribution in [0.3, 0.4) is 0 Å². The minimum absolute atomic E-state index is 0.765. The first-order valence-electron chi connectivity index (χ1n) is 4.52. The molecule has 0 unspecified atom stereocenters. The number of aromatic nitrogens is 1. The molecule has 0 bridgehead atoms. The van der Waals surface area contributed by atoms with Gasteiger partial charge in [0.2, 0.25) is 0 Å². The van der Waals surface area contributed by atoms with Crippen LogP contribution in [0.15, 0.2) is 42.7 Å². The number of nitrogens with zero attached hydrogens (tertiary/aromatic N) is 1. The van der Waals surface area contributed by atoms with Gasteiger partial charge in [0.25, 0.3) is 0 Å². The van der Waals surface area contributed by atoms with Gasteiger partial charge in [0.15, 0.2) is 0 Å². The minimum atomic E-state index is 0.765. The predicted molar refractivity (Wildman–Crippen MR) is 64.6 cm³/mol. The summed E-state index contributed by atoms with van der Waals surface area (Å²) in [4.78, 5) is 4.10. The van der Waals surface area contributed by atoms with Crippen molar-refractivity contribution in [3.63, 3.8) is 0 Å². The normalized spacial score (nSPS) is 11.2. The molecule has 1 nitrogen and oxygen atoms in total. The van der Waals surface area contributed by atoms with Crippen molar-refractivity contribution in [1.29, 1.82) is 0 Å². The highest BCUT2D eigenvalue weighted by molar-refractivity contribution is 7.80. The molecule has 2 aromatic rings. The van der Waals surface area contributed by atoms with Crippen molar-refractivity contribution in [3.05, 3.63) is 48.3 Å². The quantitative estimate of drug-likeness (QED) is 0.736. The van der Waals surface area contributed by atoms with Gasteiger partial charge in [-0.05, 0) is 17.0 Å². The molecule has 70 valence electrons. The van der Waals surface area contributed by atoms with Crippen molar-refractivity contribution in [3.8, 4) is 0 Å². The van der Waals surface area contributed by atoms with E-state index >= 15 is 0 Å². The average Bonchev–Trinajstić information content (AvgIpc) is 2.26. The Labute approximate surface area is 88.9 Å². The average molecular weight is 201 g/mol. The topological polar surface area (TPSA) is 12.9 Å². The first-order chi connectivity index (χ1) is 6.92. The van der Waals surface area contributed by atoms with Crippen LogP contribution >= 0.6 is 12.6 Å². The molecule has 0 saturated heterocycles. The standard InChI is InChI=1S/C12H11NS/c14-8-2-5-10-3-1-4-11-9-13-7-6-12(10)11/h1-7,9,14H,8H2. The van der Waals surface area contributed by atoms with Crippen LogP contribution in [0, 0.1) is 0 Å². The smallest absolute Gasteiger partial charge is 0.0346 e. The van der Waals surface area contributed by atoms with E-state index in [1.165, 1.54) is 16.3 Å². The largest absolute Gasteiger partial charge is 0.264 e. The molecule has 0 saturated carbocycles. The van der Waals surface area contributed by atoms with E-state index in [9.17, 15) is 0 Å². The molecular formula is C12H11NS. The molecule has 1 heterocycles. The SMILES string of the molecule is SCC=Cc1cccc2cnccc12. The van der Waals surface area contributed by atoms with E-state index in [0.29, 0.717) is 0 Å². The molecule has 0 radical (unpaired) electrons. The number of thiol groups is 1. The maximum absolute atomic E-state index is 4.15. The lowest BCUT2D eigenvalue weighted by atomic mass is 10.1. The molecule has 2 heteroatoms. The summed E-state index contributed by atoms with van der Waals surface area (Å²) >= 11 is 4.15. The van der Waals surface area contributed by atoms with Gasteiger partial charge in [-0.15, -0.1) is 0 Å². The Balaban J connectivity index is 2.59. The maximum Gasteiger partial charge on any atom is 0.0346 e. The molecule has 0 atom stereocenters. The number of benzene rings is 1. The van der Waals surface area contributed by atoms with Crippen LogP contribution in [0.25, 0.3) is 16.8 Å². The fraction of sp³-hybridized carbons (Fsp3) is 0.0833. The molecule has 0 amide bonds. The second-order valence-corrected chi connectivity index (χ2v) is 3.39. The molecule has 2 rings (SSSR count). The molecule has 0 spiro atoms. The van der Waals surface area contributed by atoms with Gasteiger partial charge < -0.3 is 0 Å². The Kier molecular flexibility index (Phi) is 2.84. The molecule has 0 aliphatic heterocycles. The Morgan fingerprint density at radius 3 is 3.07 bits per heavy atom. The van der Waals surface area contributed by atoms with Gasteiger partial charge >= 0.3 is 0 Å².